The number of hydrogen-bond acceptors (Lipinski definition) is 9. The highest BCUT2D eigenvalue weighted by atomic mass is 32.2. The average Bonchev–Trinajstić information content (AvgIpc) is 3.49. The summed E-state index contributed by atoms with van der Waals surface area (Å²) < 4.78 is 44.9. The molecule has 3 heterocycles. The molecule has 4 rings (SSSR count). The van der Waals surface area contributed by atoms with E-state index in [1.54, 1.807) is 30.7 Å². The summed E-state index contributed by atoms with van der Waals surface area (Å²) in [6.45, 7) is 2.12. The zero-order valence-electron chi connectivity index (χ0n) is 24.4. The number of Topliss-reactive ketones (excluding diaryl/α,β-unsaturated/α-hetero) is 1. The van der Waals surface area contributed by atoms with Crippen LogP contribution < -0.4 is 14.2 Å². The largest absolute Gasteiger partial charge is 0.493 e. The molecule has 42 heavy (non-hydrogen) atoms. The van der Waals surface area contributed by atoms with Crippen LogP contribution in [0.5, 0.6) is 17.2 Å². The number of methoxy groups -OCH3 is 3. The number of amides is 1. The zero-order valence-corrected chi connectivity index (χ0v) is 25.2. The first-order chi connectivity index (χ1) is 20.3. The fraction of sp³-hybridized carbons (Fsp3) is 0.419. The number of carbonyl (C=O) groups is 2. The van der Waals surface area contributed by atoms with Gasteiger partial charge in [-0.2, -0.15) is 0 Å². The van der Waals surface area contributed by atoms with Gasteiger partial charge in [-0.25, -0.2) is 8.42 Å². The molecule has 0 radical (unpaired) electrons. The molecule has 1 aromatic carbocycles. The smallest absolute Gasteiger partial charge is 0.295 e. The van der Waals surface area contributed by atoms with Crippen molar-refractivity contribution in [3.63, 3.8) is 0 Å². The molecule has 3 atom stereocenters. The van der Waals surface area contributed by atoms with Crippen molar-refractivity contribution in [2.24, 2.45) is 0 Å². The van der Waals surface area contributed by atoms with Gasteiger partial charge in [0.15, 0.2) is 21.3 Å². The van der Waals surface area contributed by atoms with Crippen LogP contribution in [0.15, 0.2) is 61.2 Å². The van der Waals surface area contributed by atoms with Gasteiger partial charge in [0.2, 0.25) is 5.75 Å². The molecule has 0 aliphatic carbocycles. The van der Waals surface area contributed by atoms with Crippen LogP contribution >= 0.6 is 0 Å². The lowest BCUT2D eigenvalue weighted by Crippen LogP contribution is -2.46. The van der Waals surface area contributed by atoms with Gasteiger partial charge in [0, 0.05) is 36.9 Å². The van der Waals surface area contributed by atoms with Crippen LogP contribution in [0.2, 0.25) is 0 Å². The number of hydrogen-bond donors (Lipinski definition) is 0. The molecule has 10 nitrogen and oxygen atoms in total. The second-order valence-corrected chi connectivity index (χ2v) is 12.5. The Morgan fingerprint density at radius 3 is 2.21 bits per heavy atom. The summed E-state index contributed by atoms with van der Waals surface area (Å²) in [6, 6.07) is 9.29. The van der Waals surface area contributed by atoms with Crippen molar-refractivity contribution in [3.8, 4) is 17.2 Å². The lowest BCUT2D eigenvalue weighted by molar-refractivity contribution is -0.127. The van der Waals surface area contributed by atoms with E-state index < -0.39 is 38.1 Å². The Morgan fingerprint density at radius 2 is 1.67 bits per heavy atom. The maximum atomic E-state index is 14.4. The maximum Gasteiger partial charge on any atom is 0.295 e. The molecule has 2 aromatic heterocycles. The standard InChI is InChI=1S/C31H37N3O7S/c1-5-24(13-12-21-9-6-14-32-19-21)42(37,38)30(22-10-7-15-33-20-22)25-11-8-16-34(25)31(36)28(35)23-17-26(39-2)29(41-4)27(18-23)40-3/h6-7,9-10,14-15,17-20,24-25,30H,5,8,11-13,16H2,1-4H3/t24?,25-,30?/m0/s1. The van der Waals surface area contributed by atoms with E-state index in [9.17, 15) is 18.0 Å². The summed E-state index contributed by atoms with van der Waals surface area (Å²) in [5.41, 5.74) is 1.52. The van der Waals surface area contributed by atoms with Gasteiger partial charge in [-0.15, -0.1) is 0 Å². The monoisotopic (exact) mass is 595 g/mol. The third kappa shape index (κ3) is 6.41. The molecule has 1 saturated heterocycles. The SMILES string of the molecule is CCC(CCc1cccnc1)S(=O)(=O)C(c1cccnc1)[C@@H]1CCCN1C(=O)C(=O)c1cc(OC)c(OC)c(OC)c1. The average molecular weight is 596 g/mol. The molecule has 1 amide bonds. The van der Waals surface area contributed by atoms with Gasteiger partial charge in [0.05, 0.1) is 32.6 Å². The molecular formula is C31H37N3O7S. The minimum atomic E-state index is -3.83. The second-order valence-electron chi connectivity index (χ2n) is 10.2. The Balaban J connectivity index is 1.68. The Hall–Kier alpha value is -3.99. The number of benzene rings is 1. The Bertz CT molecular complexity index is 1460. The number of sulfone groups is 1. The fourth-order valence-corrected chi connectivity index (χ4v) is 8.25. The van der Waals surface area contributed by atoms with E-state index in [1.165, 1.54) is 44.6 Å². The summed E-state index contributed by atoms with van der Waals surface area (Å²) in [4.78, 5) is 37.1. The van der Waals surface area contributed by atoms with Crippen LogP contribution in [0.1, 0.15) is 59.3 Å². The topological polar surface area (TPSA) is 125 Å². The maximum absolute atomic E-state index is 14.4. The molecule has 3 aromatic rings. The molecule has 0 N–H and O–H groups in total. The summed E-state index contributed by atoms with van der Waals surface area (Å²) in [5.74, 6) is -0.795. The van der Waals surface area contributed by atoms with Crippen LogP contribution in [-0.4, -0.2) is 74.1 Å². The lowest BCUT2D eigenvalue weighted by Gasteiger charge is -2.33. The predicted molar refractivity (Wildman–Crippen MR) is 158 cm³/mol. The molecule has 1 aliphatic rings. The van der Waals surface area contributed by atoms with Crippen molar-refractivity contribution in [1.29, 1.82) is 0 Å². The summed E-state index contributed by atoms with van der Waals surface area (Å²) in [6.07, 6.45) is 8.92. The van der Waals surface area contributed by atoms with Crippen molar-refractivity contribution in [2.75, 3.05) is 27.9 Å². The number of ketones is 1. The van der Waals surface area contributed by atoms with E-state index in [-0.39, 0.29) is 23.6 Å². The number of pyridine rings is 2. The fourth-order valence-electron chi connectivity index (χ4n) is 5.68. The highest BCUT2D eigenvalue weighted by Gasteiger charge is 2.46. The third-order valence-electron chi connectivity index (χ3n) is 7.80. The first-order valence-corrected chi connectivity index (χ1v) is 15.5. The first-order valence-electron chi connectivity index (χ1n) is 13.9. The minimum absolute atomic E-state index is 0.0591. The number of nitrogens with zero attached hydrogens (tertiary/aromatic N) is 3. The minimum Gasteiger partial charge on any atom is -0.493 e. The van der Waals surface area contributed by atoms with Gasteiger partial charge < -0.3 is 19.1 Å². The van der Waals surface area contributed by atoms with Crippen molar-refractivity contribution in [3.05, 3.63) is 77.9 Å². The van der Waals surface area contributed by atoms with Crippen molar-refractivity contribution >= 4 is 21.5 Å². The lowest BCUT2D eigenvalue weighted by atomic mass is 10.0. The number of ether oxygens (including phenoxy) is 3. The van der Waals surface area contributed by atoms with Gasteiger partial charge >= 0.3 is 0 Å². The van der Waals surface area contributed by atoms with Crippen LogP contribution in [0.3, 0.4) is 0 Å². The number of likely N-dealkylation sites (tertiary alicyclic amines) is 1. The third-order valence-corrected chi connectivity index (χ3v) is 10.6. The normalized spacial score (nSPS) is 16.5. The molecule has 1 fully saturated rings. The van der Waals surface area contributed by atoms with Gasteiger partial charge in [-0.3, -0.25) is 19.6 Å². The van der Waals surface area contributed by atoms with Gasteiger partial charge in [0.25, 0.3) is 11.7 Å². The Kier molecular flexibility index (Phi) is 10.2. The van der Waals surface area contributed by atoms with Crippen LogP contribution in [0.4, 0.5) is 0 Å². The molecule has 1 aliphatic heterocycles. The van der Waals surface area contributed by atoms with Gasteiger partial charge in [-0.05, 0) is 67.5 Å². The number of rotatable bonds is 13. The first kappa shape index (κ1) is 31.0. The highest BCUT2D eigenvalue weighted by molar-refractivity contribution is 7.92. The number of aromatic nitrogens is 2. The van der Waals surface area contributed by atoms with Crippen LogP contribution in [0.25, 0.3) is 0 Å². The molecule has 0 saturated carbocycles. The number of carbonyl (C=O) groups excluding carboxylic acids is 2. The van der Waals surface area contributed by atoms with Crippen molar-refractivity contribution < 1.29 is 32.2 Å². The summed E-state index contributed by atoms with van der Waals surface area (Å²) in [7, 11) is 0.461. The van der Waals surface area contributed by atoms with Gasteiger partial charge in [0.1, 0.15) is 5.25 Å². The van der Waals surface area contributed by atoms with Crippen molar-refractivity contribution in [2.45, 2.75) is 55.6 Å². The molecule has 11 heteroatoms. The highest BCUT2D eigenvalue weighted by Crippen LogP contribution is 2.41. The molecule has 224 valence electrons. The van der Waals surface area contributed by atoms with Crippen LogP contribution in [0, 0.1) is 0 Å². The zero-order chi connectivity index (χ0) is 30.3. The van der Waals surface area contributed by atoms with E-state index >= 15 is 0 Å². The van der Waals surface area contributed by atoms with E-state index in [1.807, 2.05) is 19.1 Å². The molecular weight excluding hydrogens is 558 g/mol. The molecule has 0 spiro atoms. The summed E-state index contributed by atoms with van der Waals surface area (Å²) >= 11 is 0. The quantitative estimate of drug-likeness (QED) is 0.211. The van der Waals surface area contributed by atoms with E-state index in [2.05, 4.69) is 9.97 Å². The van der Waals surface area contributed by atoms with Crippen molar-refractivity contribution in [1.82, 2.24) is 14.9 Å². The Labute approximate surface area is 247 Å². The van der Waals surface area contributed by atoms with E-state index in [0.717, 1.165) is 5.56 Å². The Morgan fingerprint density at radius 1 is 1.00 bits per heavy atom. The van der Waals surface area contributed by atoms with E-state index in [0.29, 0.717) is 43.4 Å². The van der Waals surface area contributed by atoms with Gasteiger partial charge in [-0.1, -0.05) is 19.1 Å². The number of aryl methyl sites for hydroxylation is 1. The molecule has 0 bridgehead atoms. The van der Waals surface area contributed by atoms with E-state index in [4.69, 9.17) is 14.2 Å². The predicted octanol–water partition coefficient (Wildman–Crippen LogP) is 4.24. The van der Waals surface area contributed by atoms with Crippen LogP contribution in [-0.2, 0) is 21.1 Å². The second kappa shape index (κ2) is 13.8. The molecule has 2 unspecified atom stereocenters. The summed E-state index contributed by atoms with van der Waals surface area (Å²) in [5, 5.41) is -1.70.